The SMILES string of the molecule is COc1ccc([C@@H]2CCCN2C(=O)c2ccc[nH]c2=O)cc1. The Labute approximate surface area is 128 Å². The van der Waals surface area contributed by atoms with Gasteiger partial charge in [0, 0.05) is 12.7 Å². The van der Waals surface area contributed by atoms with Crippen LogP contribution in [0.5, 0.6) is 5.75 Å². The second-order valence-corrected chi connectivity index (χ2v) is 5.34. The summed E-state index contributed by atoms with van der Waals surface area (Å²) < 4.78 is 5.17. The molecule has 5 nitrogen and oxygen atoms in total. The van der Waals surface area contributed by atoms with Crippen LogP contribution in [0.25, 0.3) is 0 Å². The van der Waals surface area contributed by atoms with E-state index in [4.69, 9.17) is 4.74 Å². The third-order valence-corrected chi connectivity index (χ3v) is 4.06. The van der Waals surface area contributed by atoms with E-state index in [2.05, 4.69) is 4.98 Å². The van der Waals surface area contributed by atoms with Crippen molar-refractivity contribution in [3.8, 4) is 5.75 Å². The number of carbonyl (C=O) groups excluding carboxylic acids is 1. The molecular weight excluding hydrogens is 280 g/mol. The highest BCUT2D eigenvalue weighted by Crippen LogP contribution is 2.33. The Kier molecular flexibility index (Phi) is 3.96. The Morgan fingerprint density at radius 2 is 2.05 bits per heavy atom. The molecule has 1 aliphatic heterocycles. The number of methoxy groups -OCH3 is 1. The maximum Gasteiger partial charge on any atom is 0.260 e. The van der Waals surface area contributed by atoms with Crippen LogP contribution in [-0.2, 0) is 0 Å². The number of H-pyrrole nitrogens is 1. The van der Waals surface area contributed by atoms with E-state index >= 15 is 0 Å². The van der Waals surface area contributed by atoms with Crippen LogP contribution < -0.4 is 10.3 Å². The summed E-state index contributed by atoms with van der Waals surface area (Å²) in [6.45, 7) is 0.670. The first-order valence-electron chi connectivity index (χ1n) is 7.33. The maximum atomic E-state index is 12.7. The second-order valence-electron chi connectivity index (χ2n) is 5.34. The number of pyridine rings is 1. The van der Waals surface area contributed by atoms with Crippen LogP contribution in [0.3, 0.4) is 0 Å². The van der Waals surface area contributed by atoms with E-state index in [1.807, 2.05) is 24.3 Å². The summed E-state index contributed by atoms with van der Waals surface area (Å²) in [5, 5.41) is 0. The van der Waals surface area contributed by atoms with E-state index in [0.29, 0.717) is 6.54 Å². The maximum absolute atomic E-state index is 12.7. The van der Waals surface area contributed by atoms with Crippen molar-refractivity contribution in [3.63, 3.8) is 0 Å². The lowest BCUT2D eigenvalue weighted by atomic mass is 10.0. The fourth-order valence-corrected chi connectivity index (χ4v) is 2.93. The molecule has 1 amide bonds. The number of rotatable bonds is 3. The van der Waals surface area contributed by atoms with Gasteiger partial charge in [0.05, 0.1) is 13.2 Å². The quantitative estimate of drug-likeness (QED) is 0.946. The fourth-order valence-electron chi connectivity index (χ4n) is 2.93. The van der Waals surface area contributed by atoms with Gasteiger partial charge in [-0.1, -0.05) is 12.1 Å². The summed E-state index contributed by atoms with van der Waals surface area (Å²) >= 11 is 0. The van der Waals surface area contributed by atoms with E-state index in [1.54, 1.807) is 24.1 Å². The van der Waals surface area contributed by atoms with Gasteiger partial charge in [-0.25, -0.2) is 0 Å². The van der Waals surface area contributed by atoms with Gasteiger partial charge in [-0.15, -0.1) is 0 Å². The smallest absolute Gasteiger partial charge is 0.260 e. The fraction of sp³-hybridized carbons (Fsp3) is 0.294. The van der Waals surface area contributed by atoms with Crippen LogP contribution in [0.4, 0.5) is 0 Å². The van der Waals surface area contributed by atoms with Gasteiger partial charge in [-0.05, 0) is 42.7 Å². The van der Waals surface area contributed by atoms with Gasteiger partial charge in [0.25, 0.3) is 11.5 Å². The highest BCUT2D eigenvalue weighted by molar-refractivity contribution is 5.94. The predicted molar refractivity (Wildman–Crippen MR) is 83.1 cm³/mol. The van der Waals surface area contributed by atoms with Crippen molar-refractivity contribution >= 4 is 5.91 Å². The largest absolute Gasteiger partial charge is 0.497 e. The molecule has 0 bridgehead atoms. The van der Waals surface area contributed by atoms with Crippen LogP contribution in [-0.4, -0.2) is 29.4 Å². The summed E-state index contributed by atoms with van der Waals surface area (Å²) in [5.41, 5.74) is 0.926. The number of likely N-dealkylation sites (tertiary alicyclic amines) is 1. The van der Waals surface area contributed by atoms with E-state index < -0.39 is 0 Å². The lowest BCUT2D eigenvalue weighted by Gasteiger charge is -2.25. The Morgan fingerprint density at radius 1 is 1.27 bits per heavy atom. The molecule has 0 spiro atoms. The molecule has 1 N–H and O–H groups in total. The minimum Gasteiger partial charge on any atom is -0.497 e. The van der Waals surface area contributed by atoms with E-state index in [1.165, 1.54) is 6.20 Å². The average Bonchev–Trinajstić information content (AvgIpc) is 3.04. The standard InChI is InChI=1S/C17H18N2O3/c1-22-13-8-6-12(7-9-13)15-5-3-11-19(15)17(21)14-4-2-10-18-16(14)20/h2,4,6-10,15H,3,5,11H2,1H3,(H,18,20)/t15-/m0/s1. The number of aromatic nitrogens is 1. The highest BCUT2D eigenvalue weighted by atomic mass is 16.5. The topological polar surface area (TPSA) is 62.4 Å². The molecule has 22 heavy (non-hydrogen) atoms. The predicted octanol–water partition coefficient (Wildman–Crippen LogP) is 2.36. The van der Waals surface area contributed by atoms with Crippen LogP contribution in [0.15, 0.2) is 47.4 Å². The molecule has 5 heteroatoms. The number of hydrogen-bond acceptors (Lipinski definition) is 3. The first kappa shape index (κ1) is 14.4. The molecule has 0 saturated carbocycles. The van der Waals surface area contributed by atoms with Crippen molar-refractivity contribution in [2.24, 2.45) is 0 Å². The van der Waals surface area contributed by atoms with Crippen LogP contribution in [0, 0.1) is 0 Å². The van der Waals surface area contributed by atoms with Gasteiger partial charge in [0.1, 0.15) is 11.3 Å². The number of nitrogens with zero attached hydrogens (tertiary/aromatic N) is 1. The van der Waals surface area contributed by atoms with Crippen molar-refractivity contribution in [2.75, 3.05) is 13.7 Å². The zero-order chi connectivity index (χ0) is 15.5. The number of nitrogens with one attached hydrogen (secondary N) is 1. The van der Waals surface area contributed by atoms with Crippen LogP contribution >= 0.6 is 0 Å². The molecule has 1 aromatic carbocycles. The lowest BCUT2D eigenvalue weighted by molar-refractivity contribution is 0.0734. The molecule has 114 valence electrons. The Balaban J connectivity index is 1.88. The van der Waals surface area contributed by atoms with E-state index in [9.17, 15) is 9.59 Å². The van der Waals surface area contributed by atoms with Gasteiger partial charge in [0.15, 0.2) is 0 Å². The van der Waals surface area contributed by atoms with E-state index in [0.717, 1.165) is 24.2 Å². The molecule has 2 heterocycles. The molecule has 1 saturated heterocycles. The second kappa shape index (κ2) is 6.05. The van der Waals surface area contributed by atoms with Gasteiger partial charge >= 0.3 is 0 Å². The monoisotopic (exact) mass is 298 g/mol. The highest BCUT2D eigenvalue weighted by Gasteiger charge is 2.31. The molecule has 1 atom stereocenters. The minimum atomic E-state index is -0.340. The zero-order valence-electron chi connectivity index (χ0n) is 12.4. The third-order valence-electron chi connectivity index (χ3n) is 4.06. The summed E-state index contributed by atoms with van der Waals surface area (Å²) in [6.07, 6.45) is 3.38. The normalized spacial score (nSPS) is 17.5. The Hall–Kier alpha value is -2.56. The van der Waals surface area contributed by atoms with Crippen molar-refractivity contribution in [2.45, 2.75) is 18.9 Å². The van der Waals surface area contributed by atoms with Gasteiger partial charge in [-0.3, -0.25) is 9.59 Å². The third kappa shape index (κ3) is 2.62. The van der Waals surface area contributed by atoms with Crippen molar-refractivity contribution in [3.05, 3.63) is 64.1 Å². The molecular formula is C17H18N2O3. The van der Waals surface area contributed by atoms with Gasteiger partial charge in [0.2, 0.25) is 0 Å². The molecule has 3 rings (SSSR count). The zero-order valence-corrected chi connectivity index (χ0v) is 12.4. The van der Waals surface area contributed by atoms with Gasteiger partial charge < -0.3 is 14.6 Å². The summed E-state index contributed by atoms with van der Waals surface area (Å²) in [4.78, 5) is 28.8. The van der Waals surface area contributed by atoms with Crippen molar-refractivity contribution < 1.29 is 9.53 Å². The molecule has 1 fully saturated rings. The summed E-state index contributed by atoms with van der Waals surface area (Å²) in [7, 11) is 1.63. The van der Waals surface area contributed by atoms with Crippen LogP contribution in [0.1, 0.15) is 34.8 Å². The molecule has 1 aliphatic rings. The van der Waals surface area contributed by atoms with Gasteiger partial charge in [-0.2, -0.15) is 0 Å². The number of aromatic amines is 1. The first-order valence-corrected chi connectivity index (χ1v) is 7.33. The molecule has 0 aliphatic carbocycles. The number of hydrogen-bond donors (Lipinski definition) is 1. The number of amides is 1. The number of benzene rings is 1. The number of carbonyl (C=O) groups is 1. The Bertz CT molecular complexity index is 721. The summed E-state index contributed by atoms with van der Waals surface area (Å²) in [6, 6.07) is 11.0. The number of ether oxygens (including phenoxy) is 1. The minimum absolute atomic E-state index is 0.0120. The first-order chi connectivity index (χ1) is 10.7. The lowest BCUT2D eigenvalue weighted by Crippen LogP contribution is -2.34. The average molecular weight is 298 g/mol. The summed E-state index contributed by atoms with van der Waals surface area (Å²) in [5.74, 6) is 0.583. The van der Waals surface area contributed by atoms with E-state index in [-0.39, 0.29) is 23.1 Å². The van der Waals surface area contributed by atoms with Crippen molar-refractivity contribution in [1.82, 2.24) is 9.88 Å². The molecule has 1 aromatic heterocycles. The molecule has 0 radical (unpaired) electrons. The Morgan fingerprint density at radius 3 is 2.73 bits per heavy atom. The molecule has 0 unspecified atom stereocenters. The van der Waals surface area contributed by atoms with Crippen molar-refractivity contribution in [1.29, 1.82) is 0 Å². The van der Waals surface area contributed by atoms with Crippen LogP contribution in [0.2, 0.25) is 0 Å². The molecule has 2 aromatic rings.